The molecule has 0 aromatic rings. The second-order valence-corrected chi connectivity index (χ2v) is 8.27. The van der Waals surface area contributed by atoms with Crippen LogP contribution in [-0.2, 0) is 10.2 Å². The minimum atomic E-state index is -3.33. The van der Waals surface area contributed by atoms with Gasteiger partial charge in [-0.1, -0.05) is 34.1 Å². The van der Waals surface area contributed by atoms with Gasteiger partial charge in [0.05, 0.1) is 0 Å². The van der Waals surface area contributed by atoms with Gasteiger partial charge in [-0.25, -0.2) is 4.72 Å². The normalized spacial score (nSPS) is 21.8. The van der Waals surface area contributed by atoms with E-state index in [-0.39, 0.29) is 6.04 Å². The third-order valence-electron chi connectivity index (χ3n) is 3.49. The summed E-state index contributed by atoms with van der Waals surface area (Å²) < 4.78 is 29.2. The first kappa shape index (κ1) is 17.9. The Hall–Kier alpha value is -0.170. The van der Waals surface area contributed by atoms with Crippen LogP contribution in [0, 0.1) is 11.8 Å². The molecule has 0 aromatic heterocycles. The third-order valence-corrected chi connectivity index (χ3v) is 5.12. The number of rotatable bonds is 8. The molecule has 0 saturated carbocycles. The number of nitrogens with zero attached hydrogens (tertiary/aromatic N) is 1. The lowest BCUT2D eigenvalue weighted by atomic mass is 10.0. The first-order valence-corrected chi connectivity index (χ1v) is 9.24. The second-order valence-electron chi connectivity index (χ2n) is 6.56. The molecule has 0 spiro atoms. The largest absolute Gasteiger partial charge is 0.315 e. The molecular formula is C14H31N3O2S. The van der Waals surface area contributed by atoms with E-state index >= 15 is 0 Å². The van der Waals surface area contributed by atoms with E-state index < -0.39 is 10.2 Å². The van der Waals surface area contributed by atoms with Crippen LogP contribution in [0.2, 0.25) is 0 Å². The summed E-state index contributed by atoms with van der Waals surface area (Å²) in [5.41, 5.74) is 0. The summed E-state index contributed by atoms with van der Waals surface area (Å²) in [5, 5.41) is 3.39. The van der Waals surface area contributed by atoms with Gasteiger partial charge in [0.25, 0.3) is 10.2 Å². The molecule has 1 unspecified atom stereocenters. The highest BCUT2D eigenvalue weighted by atomic mass is 32.2. The van der Waals surface area contributed by atoms with Crippen molar-refractivity contribution in [1.82, 2.24) is 14.3 Å². The number of piperidine rings is 1. The monoisotopic (exact) mass is 305 g/mol. The molecule has 1 atom stereocenters. The highest BCUT2D eigenvalue weighted by Crippen LogP contribution is 2.19. The molecule has 6 heteroatoms. The van der Waals surface area contributed by atoms with E-state index in [0.717, 1.165) is 32.4 Å². The van der Waals surface area contributed by atoms with Crippen LogP contribution in [0.25, 0.3) is 0 Å². The quantitative estimate of drug-likeness (QED) is 0.716. The topological polar surface area (TPSA) is 61.4 Å². The van der Waals surface area contributed by atoms with Crippen molar-refractivity contribution < 1.29 is 8.42 Å². The minimum Gasteiger partial charge on any atom is -0.315 e. The smallest absolute Gasteiger partial charge is 0.279 e. The van der Waals surface area contributed by atoms with Crippen LogP contribution in [0.5, 0.6) is 0 Å². The molecule has 5 nitrogen and oxygen atoms in total. The average molecular weight is 305 g/mol. The van der Waals surface area contributed by atoms with Crippen molar-refractivity contribution in [1.29, 1.82) is 0 Å². The van der Waals surface area contributed by atoms with Crippen LogP contribution < -0.4 is 10.0 Å². The Morgan fingerprint density at radius 2 is 1.75 bits per heavy atom. The molecular weight excluding hydrogens is 274 g/mol. The van der Waals surface area contributed by atoms with Crippen LogP contribution in [0.4, 0.5) is 0 Å². The molecule has 1 saturated heterocycles. The van der Waals surface area contributed by atoms with Gasteiger partial charge in [0.1, 0.15) is 0 Å². The van der Waals surface area contributed by atoms with Gasteiger partial charge in [-0.2, -0.15) is 12.7 Å². The lowest BCUT2D eigenvalue weighted by Gasteiger charge is -2.35. The summed E-state index contributed by atoms with van der Waals surface area (Å²) in [5.74, 6) is 0.912. The third kappa shape index (κ3) is 6.08. The molecule has 0 amide bonds. The Balaban J connectivity index is 2.58. The van der Waals surface area contributed by atoms with E-state index in [4.69, 9.17) is 0 Å². The highest BCUT2D eigenvalue weighted by molar-refractivity contribution is 7.87. The summed E-state index contributed by atoms with van der Waals surface area (Å²) in [4.78, 5) is 0. The van der Waals surface area contributed by atoms with Crippen LogP contribution in [0.1, 0.15) is 47.0 Å². The number of hydrogen-bond acceptors (Lipinski definition) is 3. The highest BCUT2D eigenvalue weighted by Gasteiger charge is 2.31. The summed E-state index contributed by atoms with van der Waals surface area (Å²) in [6.45, 7) is 11.2. The molecule has 0 aromatic carbocycles. The molecule has 1 aliphatic rings. The fourth-order valence-corrected chi connectivity index (χ4v) is 4.04. The molecule has 1 fully saturated rings. The maximum absolute atomic E-state index is 12.4. The molecule has 1 rings (SSSR count). The van der Waals surface area contributed by atoms with Gasteiger partial charge in [-0.05, 0) is 31.2 Å². The van der Waals surface area contributed by atoms with Gasteiger partial charge in [0, 0.05) is 25.7 Å². The zero-order valence-corrected chi connectivity index (χ0v) is 14.2. The molecule has 0 bridgehead atoms. The van der Waals surface area contributed by atoms with Crippen molar-refractivity contribution in [2.45, 2.75) is 53.0 Å². The van der Waals surface area contributed by atoms with Crippen molar-refractivity contribution in [2.24, 2.45) is 11.8 Å². The summed E-state index contributed by atoms with van der Waals surface area (Å²) in [6, 6.07) is 0.0900. The van der Waals surface area contributed by atoms with E-state index in [1.54, 1.807) is 4.31 Å². The lowest BCUT2D eigenvalue weighted by Crippen LogP contribution is -2.53. The fourth-order valence-electron chi connectivity index (χ4n) is 2.39. The first-order chi connectivity index (χ1) is 9.33. The minimum absolute atomic E-state index is 0.0900. The van der Waals surface area contributed by atoms with Crippen LogP contribution in [-0.4, -0.2) is 44.9 Å². The van der Waals surface area contributed by atoms with Crippen molar-refractivity contribution in [3.05, 3.63) is 0 Å². The summed E-state index contributed by atoms with van der Waals surface area (Å²) in [6.07, 6.45) is 3.03. The zero-order chi connectivity index (χ0) is 15.2. The zero-order valence-electron chi connectivity index (χ0n) is 13.4. The summed E-state index contributed by atoms with van der Waals surface area (Å²) in [7, 11) is -3.33. The molecule has 1 aliphatic heterocycles. The predicted molar refractivity (Wildman–Crippen MR) is 83.8 cm³/mol. The average Bonchev–Trinajstić information content (AvgIpc) is 2.36. The van der Waals surface area contributed by atoms with Crippen LogP contribution in [0.15, 0.2) is 0 Å². The molecule has 20 heavy (non-hydrogen) atoms. The standard InChI is InChI=1S/C14H31N3O2S/c1-12(2)9-15-11-14-7-5-6-8-17(14)20(18,19)16-10-13(3)4/h12-16H,5-11H2,1-4H3. The maximum atomic E-state index is 12.4. The number of hydrogen-bond donors (Lipinski definition) is 2. The predicted octanol–water partition coefficient (Wildman–Crippen LogP) is 1.58. The van der Waals surface area contributed by atoms with E-state index in [9.17, 15) is 8.42 Å². The van der Waals surface area contributed by atoms with Crippen molar-refractivity contribution >= 4 is 10.2 Å². The van der Waals surface area contributed by atoms with Gasteiger partial charge >= 0.3 is 0 Å². The molecule has 1 heterocycles. The van der Waals surface area contributed by atoms with Crippen molar-refractivity contribution in [3.63, 3.8) is 0 Å². The lowest BCUT2D eigenvalue weighted by molar-refractivity contribution is 0.240. The number of nitrogens with one attached hydrogen (secondary N) is 2. The van der Waals surface area contributed by atoms with Gasteiger partial charge < -0.3 is 5.32 Å². The SMILES string of the molecule is CC(C)CNCC1CCCCN1S(=O)(=O)NCC(C)C. The van der Waals surface area contributed by atoms with Crippen LogP contribution in [0.3, 0.4) is 0 Å². The van der Waals surface area contributed by atoms with E-state index in [0.29, 0.717) is 24.9 Å². The maximum Gasteiger partial charge on any atom is 0.279 e. The van der Waals surface area contributed by atoms with Crippen molar-refractivity contribution in [3.8, 4) is 0 Å². The van der Waals surface area contributed by atoms with Gasteiger partial charge in [-0.15, -0.1) is 0 Å². The molecule has 2 N–H and O–H groups in total. The molecule has 0 radical (unpaired) electrons. The fraction of sp³-hybridized carbons (Fsp3) is 1.00. The first-order valence-electron chi connectivity index (χ1n) is 7.80. The van der Waals surface area contributed by atoms with E-state index in [1.807, 2.05) is 13.8 Å². The molecule has 0 aliphatic carbocycles. The van der Waals surface area contributed by atoms with E-state index in [2.05, 4.69) is 23.9 Å². The van der Waals surface area contributed by atoms with E-state index in [1.165, 1.54) is 0 Å². The summed E-state index contributed by atoms with van der Waals surface area (Å²) >= 11 is 0. The van der Waals surface area contributed by atoms with Gasteiger partial charge in [-0.3, -0.25) is 0 Å². The Bertz CT molecular complexity index is 369. The van der Waals surface area contributed by atoms with Gasteiger partial charge in [0.15, 0.2) is 0 Å². The second kappa shape index (κ2) is 8.32. The Kier molecular flexibility index (Phi) is 7.43. The Morgan fingerprint density at radius 3 is 2.35 bits per heavy atom. The van der Waals surface area contributed by atoms with Gasteiger partial charge in [0.2, 0.25) is 0 Å². The Labute approximate surface area is 124 Å². The van der Waals surface area contributed by atoms with Crippen molar-refractivity contribution in [2.75, 3.05) is 26.2 Å². The molecule has 120 valence electrons. The van der Waals surface area contributed by atoms with Crippen LogP contribution >= 0.6 is 0 Å². The Morgan fingerprint density at radius 1 is 1.10 bits per heavy atom.